The fourth-order valence-corrected chi connectivity index (χ4v) is 1.45. The standard InChI is InChI=1S/C14H24N2O6/c1-5-11(17)21-9-8-16-13(19)15-7-6-12(18)22-14(2,3)10-20-4/h5H,1,6-10H2,2-4H3,(H2,15,16,19). The first kappa shape index (κ1) is 19.9. The van der Waals surface area contributed by atoms with Crippen molar-refractivity contribution < 1.29 is 28.6 Å². The van der Waals surface area contributed by atoms with Crippen molar-refractivity contribution in [1.82, 2.24) is 10.6 Å². The second-order valence-electron chi connectivity index (χ2n) is 4.97. The van der Waals surface area contributed by atoms with E-state index in [0.29, 0.717) is 0 Å². The van der Waals surface area contributed by atoms with E-state index in [-0.39, 0.29) is 32.7 Å². The van der Waals surface area contributed by atoms with E-state index in [9.17, 15) is 14.4 Å². The highest BCUT2D eigenvalue weighted by Gasteiger charge is 2.22. The summed E-state index contributed by atoms with van der Waals surface area (Å²) < 4.78 is 14.8. The van der Waals surface area contributed by atoms with Crippen molar-refractivity contribution in [2.45, 2.75) is 25.9 Å². The van der Waals surface area contributed by atoms with Crippen LogP contribution in [0.25, 0.3) is 0 Å². The summed E-state index contributed by atoms with van der Waals surface area (Å²) in [7, 11) is 1.52. The largest absolute Gasteiger partial charge is 0.461 e. The fraction of sp³-hybridized carbons (Fsp3) is 0.643. The summed E-state index contributed by atoms with van der Waals surface area (Å²) in [5.41, 5.74) is -0.705. The number of ether oxygens (including phenoxy) is 3. The van der Waals surface area contributed by atoms with Gasteiger partial charge in [0.15, 0.2) is 0 Å². The highest BCUT2D eigenvalue weighted by molar-refractivity contribution is 5.81. The third kappa shape index (κ3) is 10.7. The molecular weight excluding hydrogens is 292 g/mol. The summed E-state index contributed by atoms with van der Waals surface area (Å²) in [4.78, 5) is 33.7. The van der Waals surface area contributed by atoms with Crippen LogP contribution in [-0.2, 0) is 23.8 Å². The summed E-state index contributed by atoms with van der Waals surface area (Å²) in [5.74, 6) is -0.981. The second kappa shape index (κ2) is 10.6. The van der Waals surface area contributed by atoms with Gasteiger partial charge in [0, 0.05) is 19.7 Å². The van der Waals surface area contributed by atoms with Crippen LogP contribution in [0.2, 0.25) is 0 Å². The van der Waals surface area contributed by atoms with E-state index in [1.54, 1.807) is 13.8 Å². The molecule has 2 amide bonds. The van der Waals surface area contributed by atoms with Crippen LogP contribution in [0, 0.1) is 0 Å². The van der Waals surface area contributed by atoms with Crippen molar-refractivity contribution >= 4 is 18.0 Å². The van der Waals surface area contributed by atoms with Crippen molar-refractivity contribution in [2.75, 3.05) is 33.4 Å². The smallest absolute Gasteiger partial charge is 0.330 e. The zero-order valence-corrected chi connectivity index (χ0v) is 13.3. The first-order chi connectivity index (χ1) is 10.3. The molecule has 0 aromatic heterocycles. The molecule has 0 fully saturated rings. The molecule has 0 aliphatic rings. The predicted octanol–water partition coefficient (Wildman–Crippen LogP) is 0.373. The van der Waals surface area contributed by atoms with Gasteiger partial charge in [-0.15, -0.1) is 0 Å². The third-order valence-electron chi connectivity index (χ3n) is 2.30. The van der Waals surface area contributed by atoms with Gasteiger partial charge >= 0.3 is 18.0 Å². The molecule has 126 valence electrons. The number of esters is 2. The van der Waals surface area contributed by atoms with Crippen LogP contribution in [0.5, 0.6) is 0 Å². The van der Waals surface area contributed by atoms with Gasteiger partial charge in [0.1, 0.15) is 12.2 Å². The quantitative estimate of drug-likeness (QED) is 0.343. The van der Waals surface area contributed by atoms with Crippen molar-refractivity contribution in [2.24, 2.45) is 0 Å². The number of carbonyl (C=O) groups excluding carboxylic acids is 3. The molecule has 0 bridgehead atoms. The molecule has 22 heavy (non-hydrogen) atoms. The number of amides is 2. The SMILES string of the molecule is C=CC(=O)OCCNC(=O)NCCC(=O)OC(C)(C)COC. The molecule has 2 N–H and O–H groups in total. The molecule has 8 heteroatoms. The van der Waals surface area contributed by atoms with Crippen LogP contribution >= 0.6 is 0 Å². The van der Waals surface area contributed by atoms with Gasteiger partial charge in [0.05, 0.1) is 19.6 Å². The molecule has 0 aromatic carbocycles. The van der Waals surface area contributed by atoms with E-state index in [4.69, 9.17) is 9.47 Å². The summed E-state index contributed by atoms with van der Waals surface area (Å²) >= 11 is 0. The number of hydrogen-bond donors (Lipinski definition) is 2. The normalized spacial score (nSPS) is 10.5. The lowest BCUT2D eigenvalue weighted by Gasteiger charge is -2.24. The monoisotopic (exact) mass is 316 g/mol. The summed E-state index contributed by atoms with van der Waals surface area (Å²) in [6, 6.07) is -0.460. The maximum Gasteiger partial charge on any atom is 0.330 e. The first-order valence-electron chi connectivity index (χ1n) is 6.82. The molecular formula is C14H24N2O6. The Morgan fingerprint density at radius 2 is 1.82 bits per heavy atom. The van der Waals surface area contributed by atoms with Gasteiger partial charge in [-0.3, -0.25) is 4.79 Å². The van der Waals surface area contributed by atoms with Gasteiger partial charge in [-0.2, -0.15) is 0 Å². The van der Waals surface area contributed by atoms with E-state index < -0.39 is 23.6 Å². The van der Waals surface area contributed by atoms with E-state index in [1.165, 1.54) is 7.11 Å². The van der Waals surface area contributed by atoms with Crippen LogP contribution in [0.15, 0.2) is 12.7 Å². The number of methoxy groups -OCH3 is 1. The minimum atomic E-state index is -0.705. The van der Waals surface area contributed by atoms with Crippen LogP contribution in [-0.4, -0.2) is 57.0 Å². The molecule has 0 aromatic rings. The first-order valence-corrected chi connectivity index (χ1v) is 6.82. The zero-order valence-electron chi connectivity index (χ0n) is 13.3. The van der Waals surface area contributed by atoms with Crippen molar-refractivity contribution in [3.8, 4) is 0 Å². The number of carbonyl (C=O) groups is 3. The highest BCUT2D eigenvalue weighted by Crippen LogP contribution is 2.10. The maximum absolute atomic E-state index is 11.6. The van der Waals surface area contributed by atoms with Crippen LogP contribution in [0.3, 0.4) is 0 Å². The minimum absolute atomic E-state index is 0.0471. The molecule has 0 rings (SSSR count). The Hall–Kier alpha value is -2.09. The Morgan fingerprint density at radius 1 is 1.18 bits per heavy atom. The van der Waals surface area contributed by atoms with Crippen LogP contribution in [0.1, 0.15) is 20.3 Å². The third-order valence-corrected chi connectivity index (χ3v) is 2.30. The molecule has 0 atom stereocenters. The lowest BCUT2D eigenvalue weighted by atomic mass is 10.1. The van der Waals surface area contributed by atoms with Crippen molar-refractivity contribution in [3.05, 3.63) is 12.7 Å². The molecule has 0 spiro atoms. The van der Waals surface area contributed by atoms with Gasteiger partial charge in [-0.05, 0) is 13.8 Å². The number of rotatable bonds is 10. The van der Waals surface area contributed by atoms with Crippen LogP contribution < -0.4 is 10.6 Å². The maximum atomic E-state index is 11.6. The summed E-state index contributed by atoms with van der Waals surface area (Å²) in [6.07, 6.45) is 1.09. The highest BCUT2D eigenvalue weighted by atomic mass is 16.6. The molecule has 0 aliphatic carbocycles. The Kier molecular flexibility index (Phi) is 9.60. The van der Waals surface area contributed by atoms with E-state index in [1.807, 2.05) is 0 Å². The van der Waals surface area contributed by atoms with Gasteiger partial charge in [0.25, 0.3) is 0 Å². The molecule has 0 heterocycles. The van der Waals surface area contributed by atoms with Crippen molar-refractivity contribution in [1.29, 1.82) is 0 Å². The Balaban J connectivity index is 3.73. The minimum Gasteiger partial charge on any atom is -0.461 e. The lowest BCUT2D eigenvalue weighted by Crippen LogP contribution is -2.39. The number of urea groups is 1. The molecule has 8 nitrogen and oxygen atoms in total. The predicted molar refractivity (Wildman–Crippen MR) is 79.2 cm³/mol. The molecule has 0 saturated heterocycles. The van der Waals surface area contributed by atoms with E-state index >= 15 is 0 Å². The second-order valence-corrected chi connectivity index (χ2v) is 4.97. The molecule has 0 unspecified atom stereocenters. The van der Waals surface area contributed by atoms with Gasteiger partial charge < -0.3 is 24.8 Å². The Labute approximate surface area is 130 Å². The Bertz CT molecular complexity index is 395. The molecule has 0 radical (unpaired) electrons. The van der Waals surface area contributed by atoms with Gasteiger partial charge in [0.2, 0.25) is 0 Å². The lowest BCUT2D eigenvalue weighted by molar-refractivity contribution is -0.160. The molecule has 0 aliphatic heterocycles. The van der Waals surface area contributed by atoms with E-state index in [0.717, 1.165) is 6.08 Å². The summed E-state index contributed by atoms with van der Waals surface area (Å²) in [6.45, 7) is 7.35. The van der Waals surface area contributed by atoms with E-state index in [2.05, 4.69) is 21.9 Å². The van der Waals surface area contributed by atoms with Gasteiger partial charge in [-0.25, -0.2) is 9.59 Å². The van der Waals surface area contributed by atoms with Crippen LogP contribution in [0.4, 0.5) is 4.79 Å². The Morgan fingerprint density at radius 3 is 2.41 bits per heavy atom. The van der Waals surface area contributed by atoms with Crippen molar-refractivity contribution in [3.63, 3.8) is 0 Å². The topological polar surface area (TPSA) is 103 Å². The summed E-state index contributed by atoms with van der Waals surface area (Å²) in [5, 5.41) is 4.96. The average molecular weight is 316 g/mol. The zero-order chi connectivity index (χ0) is 17.0. The number of nitrogens with one attached hydrogen (secondary N) is 2. The fourth-order valence-electron chi connectivity index (χ4n) is 1.45. The molecule has 0 saturated carbocycles. The number of hydrogen-bond acceptors (Lipinski definition) is 6. The van der Waals surface area contributed by atoms with Gasteiger partial charge in [-0.1, -0.05) is 6.58 Å². The average Bonchev–Trinajstić information content (AvgIpc) is 2.42.